The van der Waals surface area contributed by atoms with Crippen LogP contribution < -0.4 is 16.0 Å². The summed E-state index contributed by atoms with van der Waals surface area (Å²) in [5.74, 6) is 0.596. The van der Waals surface area contributed by atoms with Crippen LogP contribution in [0.5, 0.6) is 0 Å². The molecule has 1 rings (SSSR count). The Balaban J connectivity index is 2.84. The highest BCUT2D eigenvalue weighted by molar-refractivity contribution is 6.44. The van der Waals surface area contributed by atoms with Crippen molar-refractivity contribution in [2.45, 2.75) is 39.8 Å². The quantitative estimate of drug-likeness (QED) is 0.933. The summed E-state index contributed by atoms with van der Waals surface area (Å²) in [5, 5.41) is 4.00. The minimum Gasteiger partial charge on any atom is -0.458 e. The predicted molar refractivity (Wildman–Crippen MR) is 80.6 cm³/mol. The Labute approximate surface area is 123 Å². The van der Waals surface area contributed by atoms with Gasteiger partial charge in [0.25, 0.3) is 0 Å². The molecule has 1 heterocycles. The summed E-state index contributed by atoms with van der Waals surface area (Å²) in [5.41, 5.74) is 0.0493. The Kier molecular flexibility index (Phi) is 5.45. The highest BCUT2D eigenvalue weighted by Gasteiger charge is 2.16. The van der Waals surface area contributed by atoms with Gasteiger partial charge >= 0.3 is 6.09 Å². The first-order chi connectivity index (χ1) is 9.23. The summed E-state index contributed by atoms with van der Waals surface area (Å²) in [6.45, 7) is 11.0. The number of nitrogens with one attached hydrogen (secondary N) is 1. The SMILES string of the molecule is C=CC=c1cc(CNC(=O)OC(C)(C)C)oc1=C(C)Cl. The lowest BCUT2D eigenvalue weighted by Gasteiger charge is -2.19. The Bertz CT molecular complexity index is 604. The van der Waals surface area contributed by atoms with E-state index in [1.807, 2.05) is 0 Å². The standard InChI is InChI=1S/C15H20ClNO3/c1-6-7-11-8-12(19-13(11)10(2)16)9-17-14(18)20-15(3,4)5/h6-8H,1,9H2,2-5H3,(H,17,18). The van der Waals surface area contributed by atoms with Crippen molar-refractivity contribution in [3.63, 3.8) is 0 Å². The fourth-order valence-corrected chi connectivity index (χ4v) is 1.69. The molecule has 5 heteroatoms. The number of furan rings is 1. The molecule has 0 spiro atoms. The molecule has 1 aromatic rings. The van der Waals surface area contributed by atoms with E-state index in [0.29, 0.717) is 16.2 Å². The van der Waals surface area contributed by atoms with Crippen LogP contribution in [0.25, 0.3) is 11.1 Å². The van der Waals surface area contributed by atoms with Gasteiger partial charge in [0.05, 0.1) is 11.6 Å². The average Bonchev–Trinajstić information content (AvgIpc) is 2.68. The molecule has 0 unspecified atom stereocenters. The number of hydrogen-bond donors (Lipinski definition) is 1. The molecule has 0 aliphatic rings. The van der Waals surface area contributed by atoms with Gasteiger partial charge in [0.1, 0.15) is 16.8 Å². The molecule has 0 radical (unpaired) electrons. The molecule has 4 nitrogen and oxygen atoms in total. The van der Waals surface area contributed by atoms with Crippen LogP contribution in [0.15, 0.2) is 23.1 Å². The van der Waals surface area contributed by atoms with E-state index in [1.165, 1.54) is 0 Å². The van der Waals surface area contributed by atoms with Crippen LogP contribution in [0.4, 0.5) is 4.79 Å². The number of carbonyl (C=O) groups is 1. The number of rotatable bonds is 3. The number of carbonyl (C=O) groups excluding carboxylic acids is 1. The second-order valence-corrected chi connectivity index (χ2v) is 5.86. The van der Waals surface area contributed by atoms with Crippen molar-refractivity contribution in [3.05, 3.63) is 35.1 Å². The predicted octanol–water partition coefficient (Wildman–Crippen LogP) is 2.64. The van der Waals surface area contributed by atoms with Gasteiger partial charge in [-0.05, 0) is 33.8 Å². The van der Waals surface area contributed by atoms with Crippen LogP contribution >= 0.6 is 11.6 Å². The number of amides is 1. The summed E-state index contributed by atoms with van der Waals surface area (Å²) >= 11 is 5.96. The zero-order valence-electron chi connectivity index (χ0n) is 12.2. The molecule has 0 aliphatic carbocycles. The molecular formula is C15H20ClNO3. The maximum atomic E-state index is 11.6. The van der Waals surface area contributed by atoms with E-state index in [1.54, 1.807) is 45.9 Å². The van der Waals surface area contributed by atoms with Gasteiger partial charge in [-0.25, -0.2) is 4.79 Å². The van der Waals surface area contributed by atoms with Gasteiger partial charge in [-0.1, -0.05) is 30.3 Å². The van der Waals surface area contributed by atoms with Crippen LogP contribution in [-0.2, 0) is 11.3 Å². The monoisotopic (exact) mass is 297 g/mol. The fourth-order valence-electron chi connectivity index (χ4n) is 1.54. The molecule has 0 saturated heterocycles. The molecule has 20 heavy (non-hydrogen) atoms. The first kappa shape index (κ1) is 16.4. The maximum absolute atomic E-state index is 11.6. The zero-order chi connectivity index (χ0) is 15.3. The zero-order valence-corrected chi connectivity index (χ0v) is 13.0. The normalized spacial score (nSPS) is 13.9. The number of hydrogen-bond acceptors (Lipinski definition) is 3. The number of allylic oxidation sites excluding steroid dienone is 1. The number of halogens is 1. The van der Waals surface area contributed by atoms with Crippen molar-refractivity contribution in [2.75, 3.05) is 0 Å². The van der Waals surface area contributed by atoms with E-state index >= 15 is 0 Å². The van der Waals surface area contributed by atoms with E-state index < -0.39 is 11.7 Å². The summed E-state index contributed by atoms with van der Waals surface area (Å²) < 4.78 is 10.7. The first-order valence-electron chi connectivity index (χ1n) is 6.27. The lowest BCUT2D eigenvalue weighted by Crippen LogP contribution is -2.32. The van der Waals surface area contributed by atoms with Crippen molar-refractivity contribution >= 4 is 28.8 Å². The Hall–Kier alpha value is -1.68. The molecule has 1 amide bonds. The van der Waals surface area contributed by atoms with Crippen LogP contribution in [0, 0.1) is 0 Å². The second kappa shape index (κ2) is 6.66. The van der Waals surface area contributed by atoms with E-state index in [-0.39, 0.29) is 6.54 Å². The fraction of sp³-hybridized carbons (Fsp3) is 0.400. The minimum absolute atomic E-state index is 0.233. The molecule has 0 atom stereocenters. The molecule has 0 bridgehead atoms. The topological polar surface area (TPSA) is 51.5 Å². The van der Waals surface area contributed by atoms with Gasteiger partial charge in [-0.2, -0.15) is 0 Å². The molecule has 0 fully saturated rings. The summed E-state index contributed by atoms with van der Waals surface area (Å²) in [4.78, 5) is 11.6. The van der Waals surface area contributed by atoms with E-state index in [0.717, 1.165) is 5.22 Å². The first-order valence-corrected chi connectivity index (χ1v) is 6.65. The molecule has 1 aromatic heterocycles. The van der Waals surface area contributed by atoms with Crippen LogP contribution in [0.1, 0.15) is 33.5 Å². The van der Waals surface area contributed by atoms with Crippen molar-refractivity contribution in [3.8, 4) is 0 Å². The minimum atomic E-state index is -0.527. The average molecular weight is 298 g/mol. The summed E-state index contributed by atoms with van der Waals surface area (Å²) in [7, 11) is 0. The smallest absolute Gasteiger partial charge is 0.408 e. The van der Waals surface area contributed by atoms with Crippen molar-refractivity contribution in [1.29, 1.82) is 0 Å². The third-order valence-electron chi connectivity index (χ3n) is 2.23. The number of alkyl carbamates (subject to hydrolysis) is 1. The Morgan fingerprint density at radius 1 is 1.55 bits per heavy atom. The number of ether oxygens (including phenoxy) is 1. The van der Waals surface area contributed by atoms with Crippen molar-refractivity contribution in [2.24, 2.45) is 0 Å². The van der Waals surface area contributed by atoms with Gasteiger partial charge in [-0.3, -0.25) is 0 Å². The van der Waals surface area contributed by atoms with Gasteiger partial charge in [0.15, 0.2) is 0 Å². The molecular weight excluding hydrogens is 278 g/mol. The second-order valence-electron chi connectivity index (χ2n) is 5.29. The van der Waals surface area contributed by atoms with E-state index in [2.05, 4.69) is 11.9 Å². The van der Waals surface area contributed by atoms with Crippen LogP contribution in [-0.4, -0.2) is 11.7 Å². The van der Waals surface area contributed by atoms with Gasteiger partial charge in [0.2, 0.25) is 0 Å². The molecule has 0 saturated carbocycles. The maximum Gasteiger partial charge on any atom is 0.408 e. The van der Waals surface area contributed by atoms with E-state index in [9.17, 15) is 4.79 Å². The Morgan fingerprint density at radius 2 is 2.20 bits per heavy atom. The van der Waals surface area contributed by atoms with Gasteiger partial charge < -0.3 is 14.5 Å². The molecule has 1 N–H and O–H groups in total. The summed E-state index contributed by atoms with van der Waals surface area (Å²) in [6.07, 6.45) is 2.96. The van der Waals surface area contributed by atoms with Crippen molar-refractivity contribution < 1.29 is 13.9 Å². The lowest BCUT2D eigenvalue weighted by molar-refractivity contribution is 0.0519. The van der Waals surface area contributed by atoms with Crippen molar-refractivity contribution in [1.82, 2.24) is 5.32 Å². The van der Waals surface area contributed by atoms with Crippen LogP contribution in [0.2, 0.25) is 0 Å². The molecule has 0 aromatic carbocycles. The Morgan fingerprint density at radius 3 is 2.70 bits per heavy atom. The summed E-state index contributed by atoms with van der Waals surface area (Å²) in [6, 6.07) is 1.81. The highest BCUT2D eigenvalue weighted by atomic mass is 35.5. The van der Waals surface area contributed by atoms with Gasteiger partial charge in [-0.15, -0.1) is 0 Å². The lowest BCUT2D eigenvalue weighted by atomic mass is 10.2. The molecule has 0 aliphatic heterocycles. The largest absolute Gasteiger partial charge is 0.458 e. The van der Waals surface area contributed by atoms with Gasteiger partial charge in [0, 0.05) is 5.22 Å². The molecule has 110 valence electrons. The third-order valence-corrected chi connectivity index (χ3v) is 2.40. The highest BCUT2D eigenvalue weighted by Crippen LogP contribution is 2.06. The third kappa shape index (κ3) is 5.13. The van der Waals surface area contributed by atoms with Crippen LogP contribution in [0.3, 0.4) is 0 Å². The van der Waals surface area contributed by atoms with E-state index in [4.69, 9.17) is 20.8 Å².